The Kier molecular flexibility index (Phi) is 5.03. The molecule has 0 aromatic heterocycles. The van der Waals surface area contributed by atoms with Crippen molar-refractivity contribution in [3.8, 4) is 0 Å². The number of benzene rings is 1. The Labute approximate surface area is 115 Å². The minimum absolute atomic E-state index is 0.867. The van der Waals surface area contributed by atoms with Gasteiger partial charge in [-0.3, -0.25) is 0 Å². The van der Waals surface area contributed by atoms with Crippen molar-refractivity contribution in [1.29, 1.82) is 0 Å². The maximum atomic E-state index is 13.8. The lowest BCUT2D eigenvalue weighted by Crippen LogP contribution is -2.58. The Hall–Kier alpha value is -1.17. The van der Waals surface area contributed by atoms with Crippen LogP contribution >= 0.6 is 0 Å². The van der Waals surface area contributed by atoms with Crippen molar-refractivity contribution in [2.45, 2.75) is 6.18 Å². The second-order valence-corrected chi connectivity index (χ2v) is 6.51. The molecule has 0 heterocycles. The quantitative estimate of drug-likeness (QED) is 0.479. The lowest BCUT2D eigenvalue weighted by atomic mass is 10.1. The molecule has 1 rings (SSSR count). The minimum Gasteiger partial charge on any atom is -0.373 e. The van der Waals surface area contributed by atoms with Gasteiger partial charge in [-0.05, 0) is 0 Å². The molecule has 0 amide bonds. The van der Waals surface area contributed by atoms with E-state index >= 15 is 0 Å². The van der Waals surface area contributed by atoms with Gasteiger partial charge in [0.05, 0.1) is 5.19 Å². The molecule has 0 radical (unpaired) electrons. The Balaban J connectivity index is 3.82. The lowest BCUT2D eigenvalue weighted by molar-refractivity contribution is -0.143. The van der Waals surface area contributed by atoms with Gasteiger partial charge in [0, 0.05) is 21.3 Å². The summed E-state index contributed by atoms with van der Waals surface area (Å²) in [6.07, 6.45) is -5.62. The molecule has 0 bridgehead atoms. The fourth-order valence-corrected chi connectivity index (χ4v) is 3.58. The third-order valence-electron chi connectivity index (χ3n) is 2.66. The van der Waals surface area contributed by atoms with Gasteiger partial charge >= 0.3 is 15.0 Å². The highest BCUT2D eigenvalue weighted by molar-refractivity contribution is 6.75. The van der Waals surface area contributed by atoms with Crippen LogP contribution in [0.2, 0.25) is 0 Å². The fraction of sp³-hybridized carbons (Fsp3) is 0.400. The molecule has 0 aliphatic carbocycles. The molecule has 21 heavy (non-hydrogen) atoms. The van der Waals surface area contributed by atoms with Crippen molar-refractivity contribution in [1.82, 2.24) is 0 Å². The van der Waals surface area contributed by atoms with Crippen LogP contribution < -0.4 is 5.19 Å². The van der Waals surface area contributed by atoms with Gasteiger partial charge in [0.15, 0.2) is 23.3 Å². The first-order valence-electron chi connectivity index (χ1n) is 5.16. The summed E-state index contributed by atoms with van der Waals surface area (Å²) >= 11 is 0. The molecule has 120 valence electrons. The van der Waals surface area contributed by atoms with E-state index in [-0.39, 0.29) is 0 Å². The fourth-order valence-electron chi connectivity index (χ4n) is 1.71. The molecule has 0 saturated carbocycles. The average Bonchev–Trinajstić information content (AvgIpc) is 2.40. The van der Waals surface area contributed by atoms with Gasteiger partial charge in [-0.2, -0.15) is 13.2 Å². The van der Waals surface area contributed by atoms with E-state index in [0.29, 0.717) is 0 Å². The largest absolute Gasteiger partial charge is 0.542 e. The SMILES string of the molecule is CO[Si](OC)(OC)c1c(F)c(F)c(C(F)(F)F)c(F)c1F. The maximum Gasteiger partial charge on any atom is 0.542 e. The van der Waals surface area contributed by atoms with Gasteiger partial charge in [0.1, 0.15) is 5.56 Å². The van der Waals surface area contributed by atoms with Gasteiger partial charge < -0.3 is 13.3 Å². The van der Waals surface area contributed by atoms with Crippen molar-refractivity contribution in [2.24, 2.45) is 0 Å². The molecule has 0 atom stereocenters. The van der Waals surface area contributed by atoms with E-state index in [4.69, 9.17) is 0 Å². The molecule has 0 spiro atoms. The molecule has 1 aromatic rings. The predicted octanol–water partition coefficient (Wildman–Crippen LogP) is 2.35. The number of hydrogen-bond acceptors (Lipinski definition) is 3. The summed E-state index contributed by atoms with van der Waals surface area (Å²) < 4.78 is 106. The van der Waals surface area contributed by atoms with E-state index < -0.39 is 49.0 Å². The molecule has 0 aliphatic heterocycles. The number of hydrogen-bond donors (Lipinski definition) is 0. The van der Waals surface area contributed by atoms with Crippen molar-refractivity contribution >= 4 is 14.0 Å². The Morgan fingerprint density at radius 3 is 1.29 bits per heavy atom. The van der Waals surface area contributed by atoms with Crippen molar-refractivity contribution < 1.29 is 44.0 Å². The summed E-state index contributed by atoms with van der Waals surface area (Å²) in [7, 11) is -1.82. The normalized spacial score (nSPS) is 12.9. The highest BCUT2D eigenvalue weighted by Gasteiger charge is 2.51. The zero-order valence-electron chi connectivity index (χ0n) is 10.9. The second-order valence-electron chi connectivity index (χ2n) is 3.67. The van der Waals surface area contributed by atoms with E-state index in [9.17, 15) is 30.7 Å². The molecule has 0 N–H and O–H groups in total. The first-order valence-corrected chi connectivity index (χ1v) is 6.88. The molecular weight excluding hydrogens is 329 g/mol. The smallest absolute Gasteiger partial charge is 0.373 e. The number of rotatable bonds is 4. The zero-order chi connectivity index (χ0) is 16.6. The van der Waals surface area contributed by atoms with Crippen LogP contribution in [0, 0.1) is 23.3 Å². The van der Waals surface area contributed by atoms with Crippen LogP contribution in [0.15, 0.2) is 0 Å². The summed E-state index contributed by atoms with van der Waals surface area (Å²) in [6, 6.07) is 0. The molecule has 0 aliphatic rings. The van der Waals surface area contributed by atoms with E-state index in [1.165, 1.54) is 0 Å². The molecule has 3 nitrogen and oxygen atoms in total. The molecule has 0 unspecified atom stereocenters. The van der Waals surface area contributed by atoms with Crippen LogP contribution in [0.25, 0.3) is 0 Å². The van der Waals surface area contributed by atoms with Crippen LogP contribution in [0.1, 0.15) is 5.56 Å². The number of alkyl halides is 3. The van der Waals surface area contributed by atoms with E-state index in [0.717, 1.165) is 21.3 Å². The molecule has 1 aromatic carbocycles. The summed E-state index contributed by atoms with van der Waals surface area (Å²) in [5, 5.41) is -1.47. The van der Waals surface area contributed by atoms with Gasteiger partial charge in [-0.1, -0.05) is 0 Å². The van der Waals surface area contributed by atoms with E-state index in [2.05, 4.69) is 13.3 Å². The maximum absolute atomic E-state index is 13.8. The van der Waals surface area contributed by atoms with Crippen LogP contribution in [-0.4, -0.2) is 30.1 Å². The first kappa shape index (κ1) is 17.9. The number of halogens is 7. The summed E-state index contributed by atoms with van der Waals surface area (Å²) in [5.41, 5.74) is -2.67. The first-order chi connectivity index (χ1) is 9.57. The van der Waals surface area contributed by atoms with Crippen LogP contribution in [-0.2, 0) is 19.5 Å². The third-order valence-corrected chi connectivity index (χ3v) is 5.32. The van der Waals surface area contributed by atoms with Crippen LogP contribution in [0.4, 0.5) is 30.7 Å². The molecule has 0 saturated heterocycles. The predicted molar refractivity (Wildman–Crippen MR) is 57.7 cm³/mol. The molecule has 11 heteroatoms. The van der Waals surface area contributed by atoms with E-state index in [1.807, 2.05) is 0 Å². The Bertz CT molecular complexity index is 505. The topological polar surface area (TPSA) is 27.7 Å². The van der Waals surface area contributed by atoms with Crippen molar-refractivity contribution in [3.63, 3.8) is 0 Å². The van der Waals surface area contributed by atoms with Gasteiger partial charge in [0.2, 0.25) is 0 Å². The van der Waals surface area contributed by atoms with Crippen molar-refractivity contribution in [2.75, 3.05) is 21.3 Å². The standard InChI is InChI=1S/C10H9F7O3Si/c1-18-21(19-2,20-3)9-7(13)5(11)4(10(15,16)17)6(12)8(9)14/h1-3H3. The highest BCUT2D eigenvalue weighted by atomic mass is 28.4. The average molecular weight is 338 g/mol. The lowest BCUT2D eigenvalue weighted by Gasteiger charge is -2.26. The zero-order valence-corrected chi connectivity index (χ0v) is 11.9. The van der Waals surface area contributed by atoms with E-state index in [1.54, 1.807) is 0 Å². The minimum atomic E-state index is -5.62. The van der Waals surface area contributed by atoms with Gasteiger partial charge in [-0.25, -0.2) is 17.6 Å². The Morgan fingerprint density at radius 2 is 1.05 bits per heavy atom. The molecular formula is C10H9F7O3Si. The summed E-state index contributed by atoms with van der Waals surface area (Å²) in [6.45, 7) is 0. The Morgan fingerprint density at radius 1 is 0.714 bits per heavy atom. The van der Waals surface area contributed by atoms with Crippen LogP contribution in [0.3, 0.4) is 0 Å². The monoisotopic (exact) mass is 338 g/mol. The van der Waals surface area contributed by atoms with Crippen LogP contribution in [0.5, 0.6) is 0 Å². The van der Waals surface area contributed by atoms with Crippen molar-refractivity contribution in [3.05, 3.63) is 28.8 Å². The second kappa shape index (κ2) is 5.91. The third kappa shape index (κ3) is 2.78. The molecule has 0 fully saturated rings. The highest BCUT2D eigenvalue weighted by Crippen LogP contribution is 2.35. The van der Waals surface area contributed by atoms with Gasteiger partial charge in [-0.15, -0.1) is 0 Å². The summed E-state index contributed by atoms with van der Waals surface area (Å²) in [4.78, 5) is 0. The van der Waals surface area contributed by atoms with Gasteiger partial charge in [0.25, 0.3) is 0 Å². The summed E-state index contributed by atoms with van der Waals surface area (Å²) in [5.74, 6) is -9.75.